The lowest BCUT2D eigenvalue weighted by Gasteiger charge is -2.32. The molecule has 0 atom stereocenters. The molecule has 10 heteroatoms. The number of hydrogen-bond donors (Lipinski definition) is 2. The van der Waals surface area contributed by atoms with Gasteiger partial charge in [0.25, 0.3) is 0 Å². The van der Waals surface area contributed by atoms with Gasteiger partial charge in [0, 0.05) is 24.4 Å². The van der Waals surface area contributed by atoms with Crippen LogP contribution in [0.3, 0.4) is 0 Å². The van der Waals surface area contributed by atoms with E-state index in [2.05, 4.69) is 5.22 Å². The first kappa shape index (κ1) is 22.7. The Morgan fingerprint density at radius 1 is 1.32 bits per heavy atom. The van der Waals surface area contributed by atoms with Gasteiger partial charge >= 0.3 is 6.09 Å². The summed E-state index contributed by atoms with van der Waals surface area (Å²) in [7, 11) is 0. The largest absolute Gasteiger partial charge is 0.487 e. The molecule has 2 aromatic rings. The smallest absolute Gasteiger partial charge is 0.410 e. The highest BCUT2D eigenvalue weighted by Crippen LogP contribution is 2.31. The quantitative estimate of drug-likeness (QED) is 0.264. The first-order valence-electron chi connectivity index (χ1n) is 10.1. The van der Waals surface area contributed by atoms with Crippen LogP contribution in [0.4, 0.5) is 10.5 Å². The Labute approximate surface area is 186 Å². The Balaban J connectivity index is 1.49. The van der Waals surface area contributed by atoms with Crippen LogP contribution in [0, 0.1) is 10.9 Å². The number of carbonyl (C=O) groups is 1. The van der Waals surface area contributed by atoms with Gasteiger partial charge in [-0.05, 0) is 57.9 Å². The Morgan fingerprint density at radius 2 is 2.00 bits per heavy atom. The van der Waals surface area contributed by atoms with Gasteiger partial charge in [-0.1, -0.05) is 5.22 Å². The molecule has 31 heavy (non-hydrogen) atoms. The van der Waals surface area contributed by atoms with Gasteiger partial charge in [-0.25, -0.2) is 14.8 Å². The van der Waals surface area contributed by atoms with Crippen LogP contribution in [0.1, 0.15) is 50.2 Å². The molecule has 0 unspecified atom stereocenters. The monoisotopic (exact) mass is 444 g/mol. The van der Waals surface area contributed by atoms with Crippen molar-refractivity contribution >= 4 is 29.5 Å². The molecule has 1 aliphatic rings. The molecule has 1 fully saturated rings. The maximum Gasteiger partial charge on any atom is 0.410 e. The molecule has 0 aliphatic carbocycles. The van der Waals surface area contributed by atoms with E-state index in [0.29, 0.717) is 37.1 Å². The molecule has 1 aliphatic heterocycles. The molecule has 0 spiro atoms. The first-order chi connectivity index (χ1) is 14.8. The number of thiazole rings is 1. The van der Waals surface area contributed by atoms with E-state index in [-0.39, 0.29) is 6.09 Å². The van der Waals surface area contributed by atoms with Crippen LogP contribution in [-0.2, 0) is 11.3 Å². The van der Waals surface area contributed by atoms with Crippen LogP contribution in [0.25, 0.3) is 0 Å². The van der Waals surface area contributed by atoms with Gasteiger partial charge in [0.05, 0.1) is 16.4 Å². The van der Waals surface area contributed by atoms with Crippen molar-refractivity contribution < 1.29 is 14.3 Å². The SMILES string of the molecule is CC(C)(C)OC(=O)N1CCC(c2nc(COc3ccc(N(C=N)N=N)cc3)cs2)CC1. The van der Waals surface area contributed by atoms with E-state index in [0.717, 1.165) is 34.9 Å². The van der Waals surface area contributed by atoms with Crippen molar-refractivity contribution in [1.82, 2.24) is 9.88 Å². The predicted molar refractivity (Wildman–Crippen MR) is 119 cm³/mol. The van der Waals surface area contributed by atoms with Gasteiger partial charge in [0.15, 0.2) is 0 Å². The molecule has 0 saturated carbocycles. The van der Waals surface area contributed by atoms with Crippen molar-refractivity contribution in [2.24, 2.45) is 5.22 Å². The van der Waals surface area contributed by atoms with Crippen molar-refractivity contribution in [3.05, 3.63) is 40.3 Å². The molecule has 3 rings (SSSR count). The van der Waals surface area contributed by atoms with Crippen LogP contribution in [0.15, 0.2) is 34.9 Å². The second-order valence-electron chi connectivity index (χ2n) is 8.27. The summed E-state index contributed by atoms with van der Waals surface area (Å²) in [5.74, 6) is 1.02. The Morgan fingerprint density at radius 3 is 2.58 bits per heavy atom. The standard InChI is InChI=1S/C21H28N6O3S/c1-21(2,3)30-20(28)26-10-8-15(9-11-26)19-24-16(13-31-19)12-29-18-6-4-17(5-7-18)27(14-22)25-23/h4-7,13-15,22-23H,8-12H2,1-3H3. The molecule has 166 valence electrons. The Bertz CT molecular complexity index is 893. The minimum Gasteiger partial charge on any atom is -0.487 e. The summed E-state index contributed by atoms with van der Waals surface area (Å²) in [6, 6.07) is 7.03. The fourth-order valence-corrected chi connectivity index (χ4v) is 4.20. The summed E-state index contributed by atoms with van der Waals surface area (Å²) in [6.07, 6.45) is 2.47. The molecule has 0 radical (unpaired) electrons. The minimum absolute atomic E-state index is 0.245. The van der Waals surface area contributed by atoms with Crippen molar-refractivity contribution in [3.8, 4) is 5.75 Å². The number of nitrogens with zero attached hydrogens (tertiary/aromatic N) is 4. The number of ether oxygens (including phenoxy) is 2. The van der Waals surface area contributed by atoms with Crippen LogP contribution >= 0.6 is 11.3 Å². The molecule has 2 heterocycles. The summed E-state index contributed by atoms with van der Waals surface area (Å²) in [5.41, 5.74) is 8.05. The molecule has 9 nitrogen and oxygen atoms in total. The molecule has 1 aromatic heterocycles. The number of aromatic nitrogens is 1. The maximum absolute atomic E-state index is 12.2. The Hall–Kier alpha value is -3.01. The summed E-state index contributed by atoms with van der Waals surface area (Å²) in [4.78, 5) is 18.7. The molecular formula is C21H28N6O3S. The minimum atomic E-state index is -0.477. The van der Waals surface area contributed by atoms with E-state index >= 15 is 0 Å². The van der Waals surface area contributed by atoms with Crippen LogP contribution in [0.5, 0.6) is 5.75 Å². The first-order valence-corrected chi connectivity index (χ1v) is 11.0. The number of likely N-dealkylation sites (tertiary alicyclic amines) is 1. The van der Waals surface area contributed by atoms with Crippen molar-refractivity contribution in [2.75, 3.05) is 18.1 Å². The average Bonchev–Trinajstić information content (AvgIpc) is 3.22. The normalized spacial score (nSPS) is 14.7. The Kier molecular flexibility index (Phi) is 7.21. The summed E-state index contributed by atoms with van der Waals surface area (Å²) in [5, 5.41) is 14.7. The number of carbonyl (C=O) groups excluding carboxylic acids is 1. The highest BCUT2D eigenvalue weighted by atomic mass is 32.1. The zero-order valence-electron chi connectivity index (χ0n) is 18.0. The summed E-state index contributed by atoms with van der Waals surface area (Å²) < 4.78 is 11.3. The van der Waals surface area contributed by atoms with E-state index in [1.807, 2.05) is 26.2 Å². The van der Waals surface area contributed by atoms with Gasteiger partial charge in [-0.3, -0.25) is 5.41 Å². The van der Waals surface area contributed by atoms with E-state index in [4.69, 9.17) is 25.4 Å². The number of rotatable bonds is 7. The molecule has 1 saturated heterocycles. The number of piperidine rings is 1. The van der Waals surface area contributed by atoms with Gasteiger partial charge in [-0.15, -0.1) is 11.3 Å². The second kappa shape index (κ2) is 9.86. The number of nitrogens with one attached hydrogen (secondary N) is 2. The van der Waals surface area contributed by atoms with Gasteiger partial charge in [0.2, 0.25) is 0 Å². The van der Waals surface area contributed by atoms with E-state index < -0.39 is 5.60 Å². The summed E-state index contributed by atoms with van der Waals surface area (Å²) >= 11 is 1.63. The molecule has 1 amide bonds. The van der Waals surface area contributed by atoms with Crippen LogP contribution in [-0.4, -0.2) is 41.0 Å². The lowest BCUT2D eigenvalue weighted by Crippen LogP contribution is -2.41. The number of benzene rings is 1. The van der Waals surface area contributed by atoms with Gasteiger partial charge < -0.3 is 14.4 Å². The fourth-order valence-electron chi connectivity index (χ4n) is 3.23. The zero-order chi connectivity index (χ0) is 22.4. The van der Waals surface area contributed by atoms with E-state index in [9.17, 15) is 4.79 Å². The van der Waals surface area contributed by atoms with E-state index in [1.54, 1.807) is 40.5 Å². The van der Waals surface area contributed by atoms with E-state index in [1.165, 1.54) is 0 Å². The molecule has 0 bridgehead atoms. The fraction of sp³-hybridized carbons (Fsp3) is 0.476. The highest BCUT2D eigenvalue weighted by Gasteiger charge is 2.28. The summed E-state index contributed by atoms with van der Waals surface area (Å²) in [6.45, 7) is 7.35. The molecule has 1 aromatic carbocycles. The lowest BCUT2D eigenvalue weighted by molar-refractivity contribution is 0.0204. The molecule has 2 N–H and O–H groups in total. The van der Waals surface area contributed by atoms with Gasteiger partial charge in [-0.2, -0.15) is 5.53 Å². The molecular weight excluding hydrogens is 416 g/mol. The van der Waals surface area contributed by atoms with Crippen LogP contribution < -0.4 is 9.75 Å². The van der Waals surface area contributed by atoms with Crippen LogP contribution in [0.2, 0.25) is 0 Å². The third kappa shape index (κ3) is 6.24. The number of amides is 1. The maximum atomic E-state index is 12.2. The third-order valence-corrected chi connectivity index (χ3v) is 5.84. The second-order valence-corrected chi connectivity index (χ2v) is 9.16. The average molecular weight is 445 g/mol. The zero-order valence-corrected chi connectivity index (χ0v) is 18.8. The van der Waals surface area contributed by atoms with Gasteiger partial charge in [0.1, 0.15) is 24.3 Å². The van der Waals surface area contributed by atoms with Crippen molar-refractivity contribution in [2.45, 2.75) is 51.7 Å². The predicted octanol–water partition coefficient (Wildman–Crippen LogP) is 5.20. The van der Waals surface area contributed by atoms with Crippen molar-refractivity contribution in [3.63, 3.8) is 0 Å². The number of anilines is 1. The van der Waals surface area contributed by atoms with Crippen molar-refractivity contribution in [1.29, 1.82) is 10.9 Å². The number of hydrogen-bond acceptors (Lipinski definition) is 8. The topological polar surface area (TPSA) is 115 Å². The highest BCUT2D eigenvalue weighted by molar-refractivity contribution is 7.09. The lowest BCUT2D eigenvalue weighted by atomic mass is 9.98. The third-order valence-electron chi connectivity index (χ3n) is 4.78.